The molecule has 3 aromatic rings. The molecule has 1 heterocycles. The minimum absolute atomic E-state index is 0.593. The van der Waals surface area contributed by atoms with Gasteiger partial charge in [-0.2, -0.15) is 0 Å². The van der Waals surface area contributed by atoms with E-state index in [1.807, 2.05) is 48.5 Å². The molecule has 0 aliphatic carbocycles. The Kier molecular flexibility index (Phi) is 3.90. The van der Waals surface area contributed by atoms with Crippen molar-refractivity contribution in [2.24, 2.45) is 0 Å². The van der Waals surface area contributed by atoms with Gasteiger partial charge >= 0.3 is 0 Å². The Labute approximate surface area is 130 Å². The van der Waals surface area contributed by atoms with Crippen molar-refractivity contribution in [3.8, 4) is 11.5 Å². The molecule has 0 saturated carbocycles. The minimum Gasteiger partial charge on any atom is -0.454 e. The Morgan fingerprint density at radius 2 is 1.95 bits per heavy atom. The van der Waals surface area contributed by atoms with Crippen LogP contribution in [0.15, 0.2) is 54.7 Å². The van der Waals surface area contributed by atoms with E-state index in [4.69, 9.17) is 16.3 Å². The summed E-state index contributed by atoms with van der Waals surface area (Å²) < 4.78 is 5.91. The maximum absolute atomic E-state index is 6.21. The third-order valence-electron chi connectivity index (χ3n) is 2.98. The molecular weight excluding hydrogens is 338 g/mol. The molecule has 0 amide bonds. The van der Waals surface area contributed by atoms with Crippen LogP contribution >= 0.6 is 27.5 Å². The van der Waals surface area contributed by atoms with Crippen LogP contribution in [0.1, 0.15) is 5.56 Å². The minimum atomic E-state index is 0.593. The van der Waals surface area contributed by atoms with Gasteiger partial charge in [0.25, 0.3) is 0 Å². The summed E-state index contributed by atoms with van der Waals surface area (Å²) in [7, 11) is 0. The van der Waals surface area contributed by atoms with Crippen LogP contribution in [0.5, 0.6) is 11.5 Å². The van der Waals surface area contributed by atoms with Crippen LogP contribution in [0.2, 0.25) is 5.02 Å². The maximum atomic E-state index is 6.21. The van der Waals surface area contributed by atoms with Crippen molar-refractivity contribution in [3.63, 3.8) is 0 Å². The van der Waals surface area contributed by atoms with Crippen molar-refractivity contribution in [1.29, 1.82) is 0 Å². The van der Waals surface area contributed by atoms with Crippen LogP contribution in [0, 0.1) is 0 Å². The molecule has 0 bridgehead atoms. The fraction of sp³-hybridized carbons (Fsp3) is 0.0625. The first-order chi connectivity index (χ1) is 9.78. The summed E-state index contributed by atoms with van der Waals surface area (Å²) in [5, 5.41) is 2.32. The fourth-order valence-electron chi connectivity index (χ4n) is 2.00. The van der Waals surface area contributed by atoms with E-state index in [9.17, 15) is 0 Å². The van der Waals surface area contributed by atoms with Crippen molar-refractivity contribution in [2.75, 3.05) is 0 Å². The lowest BCUT2D eigenvalue weighted by Gasteiger charge is -2.11. The first-order valence-corrected chi connectivity index (χ1v) is 7.64. The average Bonchev–Trinajstić information content (AvgIpc) is 2.49. The average molecular weight is 349 g/mol. The summed E-state index contributed by atoms with van der Waals surface area (Å²) in [6.45, 7) is 0. The van der Waals surface area contributed by atoms with Crippen LogP contribution in [0.4, 0.5) is 0 Å². The van der Waals surface area contributed by atoms with Crippen LogP contribution in [-0.4, -0.2) is 4.98 Å². The predicted molar refractivity (Wildman–Crippen MR) is 85.9 cm³/mol. The van der Waals surface area contributed by atoms with E-state index < -0.39 is 0 Å². The van der Waals surface area contributed by atoms with Gasteiger partial charge in [-0.3, -0.25) is 4.98 Å². The third kappa shape index (κ3) is 2.65. The smallest absolute Gasteiger partial charge is 0.150 e. The SMILES string of the molecule is Clc1cccc(CBr)c1Oc1cnc2ccccc2c1. The molecule has 0 spiro atoms. The molecule has 0 unspecified atom stereocenters. The molecule has 3 rings (SSSR count). The lowest BCUT2D eigenvalue weighted by Crippen LogP contribution is -1.91. The van der Waals surface area contributed by atoms with Crippen molar-refractivity contribution in [1.82, 2.24) is 4.98 Å². The number of aromatic nitrogens is 1. The Morgan fingerprint density at radius 1 is 1.10 bits per heavy atom. The molecule has 0 fully saturated rings. The second-order valence-electron chi connectivity index (χ2n) is 4.33. The molecule has 0 atom stereocenters. The first-order valence-electron chi connectivity index (χ1n) is 6.14. The van der Waals surface area contributed by atoms with Gasteiger partial charge in [-0.1, -0.05) is 57.9 Å². The monoisotopic (exact) mass is 347 g/mol. The van der Waals surface area contributed by atoms with E-state index in [0.717, 1.165) is 16.5 Å². The van der Waals surface area contributed by atoms with Gasteiger partial charge in [0, 0.05) is 16.3 Å². The highest BCUT2D eigenvalue weighted by atomic mass is 79.9. The predicted octanol–water partition coefficient (Wildman–Crippen LogP) is 5.58. The number of ether oxygens (including phenoxy) is 1. The van der Waals surface area contributed by atoms with Crippen molar-refractivity contribution in [3.05, 3.63) is 65.3 Å². The second-order valence-corrected chi connectivity index (χ2v) is 5.30. The molecule has 0 aliphatic heterocycles. The zero-order valence-electron chi connectivity index (χ0n) is 10.5. The summed E-state index contributed by atoms with van der Waals surface area (Å²) in [5.74, 6) is 1.35. The van der Waals surface area contributed by atoms with Crippen LogP contribution in [0.3, 0.4) is 0 Å². The van der Waals surface area contributed by atoms with E-state index in [2.05, 4.69) is 20.9 Å². The Morgan fingerprint density at radius 3 is 2.80 bits per heavy atom. The molecule has 0 aliphatic rings. The highest BCUT2D eigenvalue weighted by molar-refractivity contribution is 9.08. The number of nitrogens with zero attached hydrogens (tertiary/aromatic N) is 1. The largest absolute Gasteiger partial charge is 0.454 e. The lowest BCUT2D eigenvalue weighted by atomic mass is 10.2. The van der Waals surface area contributed by atoms with Gasteiger partial charge in [-0.25, -0.2) is 0 Å². The molecule has 4 heteroatoms. The van der Waals surface area contributed by atoms with E-state index >= 15 is 0 Å². The van der Waals surface area contributed by atoms with Crippen LogP contribution in [0.25, 0.3) is 10.9 Å². The molecule has 20 heavy (non-hydrogen) atoms. The Bertz CT molecular complexity index is 760. The molecule has 2 aromatic carbocycles. The highest BCUT2D eigenvalue weighted by Crippen LogP contribution is 2.34. The summed E-state index contributed by atoms with van der Waals surface area (Å²) in [5.41, 5.74) is 1.95. The number of para-hydroxylation sites is 2. The first kappa shape index (κ1) is 13.4. The molecule has 0 saturated heterocycles. The topological polar surface area (TPSA) is 22.1 Å². The van der Waals surface area contributed by atoms with E-state index in [-0.39, 0.29) is 0 Å². The third-order valence-corrected chi connectivity index (χ3v) is 3.88. The van der Waals surface area contributed by atoms with Gasteiger partial charge < -0.3 is 4.74 Å². The van der Waals surface area contributed by atoms with Gasteiger partial charge in [0.2, 0.25) is 0 Å². The normalized spacial score (nSPS) is 10.7. The number of alkyl halides is 1. The van der Waals surface area contributed by atoms with Crippen LogP contribution < -0.4 is 4.74 Å². The standard InChI is InChI=1S/C16H11BrClNO/c17-9-12-5-3-6-14(18)16(12)20-13-8-11-4-1-2-7-15(11)19-10-13/h1-8,10H,9H2. The fourth-order valence-corrected chi connectivity index (χ4v) is 2.67. The zero-order valence-corrected chi connectivity index (χ0v) is 12.9. The number of pyridine rings is 1. The van der Waals surface area contributed by atoms with Crippen LogP contribution in [-0.2, 0) is 5.33 Å². The van der Waals surface area contributed by atoms with Gasteiger partial charge in [0.15, 0.2) is 0 Å². The highest BCUT2D eigenvalue weighted by Gasteiger charge is 2.09. The van der Waals surface area contributed by atoms with E-state index in [0.29, 0.717) is 21.9 Å². The summed E-state index contributed by atoms with van der Waals surface area (Å²) >= 11 is 9.65. The van der Waals surface area contributed by atoms with Crippen molar-refractivity contribution in [2.45, 2.75) is 5.33 Å². The Hall–Kier alpha value is -1.58. The number of hydrogen-bond acceptors (Lipinski definition) is 2. The zero-order chi connectivity index (χ0) is 13.9. The van der Waals surface area contributed by atoms with Gasteiger partial charge in [-0.15, -0.1) is 0 Å². The van der Waals surface area contributed by atoms with Gasteiger partial charge in [0.05, 0.1) is 16.7 Å². The number of rotatable bonds is 3. The number of halogens is 2. The van der Waals surface area contributed by atoms with Crippen molar-refractivity contribution >= 4 is 38.4 Å². The molecule has 2 nitrogen and oxygen atoms in total. The summed E-state index contributed by atoms with van der Waals surface area (Å²) in [6.07, 6.45) is 1.71. The van der Waals surface area contributed by atoms with E-state index in [1.165, 1.54) is 0 Å². The second kappa shape index (κ2) is 5.81. The van der Waals surface area contributed by atoms with E-state index in [1.54, 1.807) is 6.20 Å². The summed E-state index contributed by atoms with van der Waals surface area (Å²) in [6, 6.07) is 15.6. The number of benzene rings is 2. The molecule has 0 radical (unpaired) electrons. The molecular formula is C16H11BrClNO. The quantitative estimate of drug-likeness (QED) is 0.577. The maximum Gasteiger partial charge on any atom is 0.150 e. The molecule has 0 N–H and O–H groups in total. The lowest BCUT2D eigenvalue weighted by molar-refractivity contribution is 0.477. The number of fused-ring (bicyclic) bond motifs is 1. The molecule has 1 aromatic heterocycles. The van der Waals surface area contributed by atoms with Gasteiger partial charge in [-0.05, 0) is 18.2 Å². The summed E-state index contributed by atoms with van der Waals surface area (Å²) in [4.78, 5) is 4.38. The van der Waals surface area contributed by atoms with Crippen molar-refractivity contribution < 1.29 is 4.74 Å². The molecule has 100 valence electrons. The van der Waals surface area contributed by atoms with Gasteiger partial charge in [0.1, 0.15) is 11.5 Å². The number of hydrogen-bond donors (Lipinski definition) is 0. The Balaban J connectivity index is 2.01.